The van der Waals surface area contributed by atoms with Crippen molar-refractivity contribution in [2.24, 2.45) is 0 Å². The van der Waals surface area contributed by atoms with E-state index in [2.05, 4.69) is 0 Å². The fourth-order valence-electron chi connectivity index (χ4n) is 4.11. The van der Waals surface area contributed by atoms with Crippen molar-refractivity contribution in [1.29, 1.82) is 0 Å². The summed E-state index contributed by atoms with van der Waals surface area (Å²) in [6.45, 7) is 3.75. The second-order valence-corrected chi connectivity index (χ2v) is 7.68. The molecule has 0 bridgehead atoms. The number of fused-ring (bicyclic) bond motifs is 1. The van der Waals surface area contributed by atoms with E-state index in [1.165, 1.54) is 0 Å². The van der Waals surface area contributed by atoms with Crippen LogP contribution in [0.1, 0.15) is 36.5 Å². The summed E-state index contributed by atoms with van der Waals surface area (Å²) >= 11 is 0. The van der Waals surface area contributed by atoms with Crippen LogP contribution >= 0.6 is 0 Å². The van der Waals surface area contributed by atoms with Crippen LogP contribution in [-0.2, 0) is 9.53 Å². The van der Waals surface area contributed by atoms with Crippen LogP contribution in [0.5, 0.6) is 11.5 Å². The molecule has 2 fully saturated rings. The number of aliphatic hydroxyl groups is 2. The molecule has 3 aliphatic rings. The molecule has 3 aliphatic heterocycles. The van der Waals surface area contributed by atoms with Gasteiger partial charge in [0.1, 0.15) is 24.9 Å². The number of carboxylic acid groups (broad SMARTS) is 1. The lowest BCUT2D eigenvalue weighted by molar-refractivity contribution is -0.244. The van der Waals surface area contributed by atoms with Crippen LogP contribution in [0.4, 0.5) is 0 Å². The fraction of sp³-hybridized carbons (Fsp3) is 0.600. The highest BCUT2D eigenvalue weighted by Gasteiger charge is 2.52. The molecule has 0 aliphatic carbocycles. The van der Waals surface area contributed by atoms with Crippen LogP contribution in [-0.4, -0.2) is 82.8 Å². The maximum atomic E-state index is 12.8. The third-order valence-electron chi connectivity index (χ3n) is 5.77. The Bertz CT molecular complexity index is 742. The van der Waals surface area contributed by atoms with Gasteiger partial charge in [-0.2, -0.15) is 0 Å². The molecule has 29 heavy (non-hydrogen) atoms. The highest BCUT2D eigenvalue weighted by atomic mass is 16.6. The predicted molar refractivity (Wildman–Crippen MR) is 101 cm³/mol. The van der Waals surface area contributed by atoms with Crippen molar-refractivity contribution < 1.29 is 39.1 Å². The third kappa shape index (κ3) is 4.31. The standard InChI is InChI=1S/C19H25NO6.CH2O2/c1-18(23)6-9-26-19(17(18)22)4-7-20(8-5-19)16(21)13-2-3-14-15(12-13)25-11-10-24-14;2-1-3/h2-3,12,17,22-23H,4-11H2,1H3;1H,(H,2,3)/t17-,18+;/m0./s1. The maximum absolute atomic E-state index is 12.8. The van der Waals surface area contributed by atoms with Gasteiger partial charge in [0.2, 0.25) is 0 Å². The molecule has 1 aromatic carbocycles. The van der Waals surface area contributed by atoms with Gasteiger partial charge >= 0.3 is 0 Å². The normalized spacial score (nSPS) is 27.6. The Morgan fingerprint density at radius 3 is 2.41 bits per heavy atom. The van der Waals surface area contributed by atoms with Gasteiger partial charge in [-0.05, 0) is 38.0 Å². The number of piperidine rings is 1. The maximum Gasteiger partial charge on any atom is 0.290 e. The molecule has 0 radical (unpaired) electrons. The van der Waals surface area contributed by atoms with Crippen LogP contribution in [0.3, 0.4) is 0 Å². The predicted octanol–water partition coefficient (Wildman–Crippen LogP) is 0.666. The largest absolute Gasteiger partial charge is 0.486 e. The summed E-state index contributed by atoms with van der Waals surface area (Å²) in [7, 11) is 0. The van der Waals surface area contributed by atoms with E-state index in [-0.39, 0.29) is 12.4 Å². The first-order valence-corrected chi connectivity index (χ1v) is 9.64. The number of likely N-dealkylation sites (tertiary alicyclic amines) is 1. The molecule has 3 heterocycles. The minimum atomic E-state index is -1.15. The monoisotopic (exact) mass is 409 g/mol. The summed E-state index contributed by atoms with van der Waals surface area (Å²) in [4.78, 5) is 23.0. The van der Waals surface area contributed by atoms with Gasteiger partial charge in [-0.15, -0.1) is 0 Å². The van der Waals surface area contributed by atoms with E-state index >= 15 is 0 Å². The van der Waals surface area contributed by atoms with E-state index in [0.717, 1.165) is 0 Å². The van der Waals surface area contributed by atoms with Crippen molar-refractivity contribution in [3.05, 3.63) is 23.8 Å². The van der Waals surface area contributed by atoms with Crippen molar-refractivity contribution in [2.75, 3.05) is 32.9 Å². The highest BCUT2D eigenvalue weighted by molar-refractivity contribution is 5.95. The minimum absolute atomic E-state index is 0.0751. The third-order valence-corrected chi connectivity index (χ3v) is 5.77. The molecule has 0 aromatic heterocycles. The summed E-state index contributed by atoms with van der Waals surface area (Å²) in [5.74, 6) is 1.18. The molecular weight excluding hydrogens is 382 g/mol. The Morgan fingerprint density at radius 2 is 1.76 bits per heavy atom. The molecule has 9 nitrogen and oxygen atoms in total. The van der Waals surface area contributed by atoms with E-state index < -0.39 is 17.3 Å². The first-order valence-electron chi connectivity index (χ1n) is 9.64. The number of benzene rings is 1. The second kappa shape index (κ2) is 8.56. The zero-order valence-corrected chi connectivity index (χ0v) is 16.4. The number of nitrogens with zero attached hydrogens (tertiary/aromatic N) is 1. The van der Waals surface area contributed by atoms with Gasteiger partial charge in [-0.25, -0.2) is 0 Å². The highest BCUT2D eigenvalue weighted by Crippen LogP contribution is 2.40. The van der Waals surface area contributed by atoms with Gasteiger partial charge in [-0.3, -0.25) is 9.59 Å². The quantitative estimate of drug-likeness (QED) is 0.578. The molecule has 2 saturated heterocycles. The number of aliphatic hydroxyl groups excluding tert-OH is 1. The second-order valence-electron chi connectivity index (χ2n) is 7.68. The van der Waals surface area contributed by atoms with Crippen molar-refractivity contribution in [3.63, 3.8) is 0 Å². The Hall–Kier alpha value is -2.36. The van der Waals surface area contributed by atoms with E-state index in [4.69, 9.17) is 24.1 Å². The van der Waals surface area contributed by atoms with Crippen LogP contribution < -0.4 is 9.47 Å². The number of hydrogen-bond acceptors (Lipinski definition) is 7. The molecule has 4 rings (SSSR count). The summed E-state index contributed by atoms with van der Waals surface area (Å²) < 4.78 is 16.9. The number of carbonyl (C=O) groups excluding carboxylic acids is 1. The van der Waals surface area contributed by atoms with Crippen LogP contribution in [0, 0.1) is 0 Å². The van der Waals surface area contributed by atoms with Gasteiger partial charge in [0.15, 0.2) is 11.5 Å². The Kier molecular flexibility index (Phi) is 6.30. The van der Waals surface area contributed by atoms with Gasteiger partial charge in [0, 0.05) is 25.1 Å². The Labute approximate surface area is 168 Å². The zero-order valence-electron chi connectivity index (χ0n) is 16.4. The van der Waals surface area contributed by atoms with Crippen LogP contribution in [0.2, 0.25) is 0 Å². The smallest absolute Gasteiger partial charge is 0.290 e. The van der Waals surface area contributed by atoms with E-state index in [9.17, 15) is 15.0 Å². The average molecular weight is 409 g/mol. The minimum Gasteiger partial charge on any atom is -0.486 e. The number of ether oxygens (including phenoxy) is 3. The van der Waals surface area contributed by atoms with Crippen LogP contribution in [0.15, 0.2) is 18.2 Å². The summed E-state index contributed by atoms with van der Waals surface area (Å²) in [6, 6.07) is 5.23. The summed E-state index contributed by atoms with van der Waals surface area (Å²) in [5.41, 5.74) is -1.37. The van der Waals surface area contributed by atoms with Crippen molar-refractivity contribution in [1.82, 2.24) is 4.90 Å². The van der Waals surface area contributed by atoms with Gasteiger partial charge in [0.25, 0.3) is 12.4 Å². The molecule has 9 heteroatoms. The SMILES string of the molecule is C[C@@]1(O)CCOC2(CCN(C(=O)c3ccc4c(c3)OCCO4)CC2)[C@H]1O.O=CO. The number of hydrogen-bond donors (Lipinski definition) is 3. The van der Waals surface area contributed by atoms with Crippen molar-refractivity contribution >= 4 is 12.4 Å². The van der Waals surface area contributed by atoms with Gasteiger partial charge < -0.3 is 34.4 Å². The lowest BCUT2D eigenvalue weighted by Crippen LogP contribution is -2.64. The zero-order chi connectivity index (χ0) is 21.1. The first-order chi connectivity index (χ1) is 13.8. The number of carbonyl (C=O) groups is 2. The summed E-state index contributed by atoms with van der Waals surface area (Å²) in [5, 5.41) is 27.9. The number of rotatable bonds is 1. The molecule has 3 N–H and O–H groups in total. The molecule has 160 valence electrons. The van der Waals surface area contributed by atoms with Gasteiger partial charge in [0.05, 0.1) is 12.2 Å². The molecule has 2 atom stereocenters. The van der Waals surface area contributed by atoms with E-state index in [1.54, 1.807) is 30.0 Å². The van der Waals surface area contributed by atoms with Crippen LogP contribution in [0.25, 0.3) is 0 Å². The molecule has 0 saturated carbocycles. The Morgan fingerprint density at radius 1 is 1.14 bits per heavy atom. The molecule has 1 aromatic rings. The lowest BCUT2D eigenvalue weighted by atomic mass is 9.75. The number of amides is 1. The topological polar surface area (TPSA) is 126 Å². The molecule has 1 amide bonds. The molecule has 1 spiro atoms. The average Bonchev–Trinajstić information content (AvgIpc) is 2.72. The van der Waals surface area contributed by atoms with Gasteiger partial charge in [-0.1, -0.05) is 0 Å². The fourth-order valence-corrected chi connectivity index (χ4v) is 4.11. The molecule has 0 unspecified atom stereocenters. The van der Waals surface area contributed by atoms with E-state index in [1.807, 2.05) is 0 Å². The van der Waals surface area contributed by atoms with Crippen molar-refractivity contribution in [2.45, 2.75) is 43.5 Å². The Balaban J connectivity index is 0.000000755. The van der Waals surface area contributed by atoms with E-state index in [0.29, 0.717) is 69.2 Å². The first kappa shape index (κ1) is 21.4. The summed E-state index contributed by atoms with van der Waals surface area (Å²) in [6.07, 6.45) is 0.465. The lowest BCUT2D eigenvalue weighted by Gasteiger charge is -2.51. The van der Waals surface area contributed by atoms with Crippen molar-refractivity contribution in [3.8, 4) is 11.5 Å². The molecular formula is C20H27NO8.